The van der Waals surface area contributed by atoms with Gasteiger partial charge in [-0.25, -0.2) is 4.39 Å². The number of hydrogen-bond donors (Lipinski definition) is 1. The summed E-state index contributed by atoms with van der Waals surface area (Å²) in [5.74, 6) is 1.03. The van der Waals surface area contributed by atoms with Gasteiger partial charge in [-0.1, -0.05) is 11.2 Å². The standard InChI is InChI=1S/C26H30FN3O4/c1-16(2)30(5)23-10-9-20(14-22(23)27)28-26(31)12-8-19-7-11-24(25(13-19)32-6)33-15-21-17(3)29-34-18(21)4/h7-14,16H,15H2,1-6H3,(H,28,31)/b12-8+. The summed E-state index contributed by atoms with van der Waals surface area (Å²) in [7, 11) is 3.37. The van der Waals surface area contributed by atoms with Gasteiger partial charge in [0.2, 0.25) is 5.91 Å². The molecule has 8 heteroatoms. The van der Waals surface area contributed by atoms with Crippen molar-refractivity contribution < 1.29 is 23.2 Å². The number of benzene rings is 2. The molecule has 1 amide bonds. The van der Waals surface area contributed by atoms with Crippen LogP contribution in [0.25, 0.3) is 6.08 Å². The van der Waals surface area contributed by atoms with Crippen LogP contribution >= 0.6 is 0 Å². The summed E-state index contributed by atoms with van der Waals surface area (Å²) in [5, 5.41) is 6.60. The van der Waals surface area contributed by atoms with E-state index in [0.717, 1.165) is 16.8 Å². The fourth-order valence-electron chi connectivity index (χ4n) is 3.27. The molecule has 0 saturated carbocycles. The maximum atomic E-state index is 14.4. The molecular weight excluding hydrogens is 437 g/mol. The Morgan fingerprint density at radius 3 is 2.59 bits per heavy atom. The molecule has 0 unspecified atom stereocenters. The lowest BCUT2D eigenvalue weighted by Crippen LogP contribution is -2.26. The number of halogens is 1. The summed E-state index contributed by atoms with van der Waals surface area (Å²) >= 11 is 0. The molecule has 180 valence electrons. The molecule has 0 atom stereocenters. The number of carbonyl (C=O) groups is 1. The molecule has 0 aliphatic rings. The van der Waals surface area contributed by atoms with Crippen LogP contribution in [-0.2, 0) is 11.4 Å². The second kappa shape index (κ2) is 10.9. The minimum Gasteiger partial charge on any atom is -0.493 e. The lowest BCUT2D eigenvalue weighted by atomic mass is 10.1. The van der Waals surface area contributed by atoms with Gasteiger partial charge in [0.1, 0.15) is 18.2 Å². The molecule has 1 heterocycles. The number of anilines is 2. The van der Waals surface area contributed by atoms with Crippen molar-refractivity contribution in [2.45, 2.75) is 40.3 Å². The van der Waals surface area contributed by atoms with E-state index in [2.05, 4.69) is 10.5 Å². The zero-order valence-corrected chi connectivity index (χ0v) is 20.3. The second-order valence-electron chi connectivity index (χ2n) is 8.20. The largest absolute Gasteiger partial charge is 0.493 e. The number of ether oxygens (including phenoxy) is 2. The summed E-state index contributed by atoms with van der Waals surface area (Å²) < 4.78 is 30.9. The van der Waals surface area contributed by atoms with Gasteiger partial charge in [0.25, 0.3) is 0 Å². The number of nitrogens with one attached hydrogen (secondary N) is 1. The first-order chi connectivity index (χ1) is 16.2. The predicted octanol–water partition coefficient (Wildman–Crippen LogP) is 5.51. The molecule has 34 heavy (non-hydrogen) atoms. The summed E-state index contributed by atoms with van der Waals surface area (Å²) in [4.78, 5) is 14.2. The van der Waals surface area contributed by atoms with E-state index in [4.69, 9.17) is 14.0 Å². The molecule has 3 rings (SSSR count). The Balaban J connectivity index is 1.64. The Morgan fingerprint density at radius 2 is 1.97 bits per heavy atom. The first-order valence-electron chi connectivity index (χ1n) is 10.9. The number of rotatable bonds is 9. The van der Waals surface area contributed by atoms with Crippen LogP contribution in [0, 0.1) is 19.7 Å². The lowest BCUT2D eigenvalue weighted by Gasteiger charge is -2.24. The van der Waals surface area contributed by atoms with Gasteiger partial charge in [0.15, 0.2) is 11.5 Å². The molecule has 3 aromatic rings. The van der Waals surface area contributed by atoms with E-state index in [1.807, 2.05) is 45.7 Å². The number of hydrogen-bond acceptors (Lipinski definition) is 6. The molecule has 0 bridgehead atoms. The van der Waals surface area contributed by atoms with Gasteiger partial charge in [-0.2, -0.15) is 0 Å². The number of amides is 1. The lowest BCUT2D eigenvalue weighted by molar-refractivity contribution is -0.111. The molecular formula is C26H30FN3O4. The highest BCUT2D eigenvalue weighted by atomic mass is 19.1. The van der Waals surface area contributed by atoms with Crippen molar-refractivity contribution in [2.24, 2.45) is 0 Å². The summed E-state index contributed by atoms with van der Waals surface area (Å²) in [5.41, 5.74) is 3.28. The van der Waals surface area contributed by atoms with E-state index in [0.29, 0.717) is 35.2 Å². The normalized spacial score (nSPS) is 11.2. The van der Waals surface area contributed by atoms with Gasteiger partial charge in [-0.3, -0.25) is 4.79 Å². The Hall–Kier alpha value is -3.81. The first-order valence-corrected chi connectivity index (χ1v) is 10.9. The van der Waals surface area contributed by atoms with Crippen molar-refractivity contribution in [1.82, 2.24) is 5.16 Å². The second-order valence-corrected chi connectivity index (χ2v) is 8.20. The van der Waals surface area contributed by atoms with Crippen LogP contribution in [0.3, 0.4) is 0 Å². The topological polar surface area (TPSA) is 76.8 Å². The third-order valence-corrected chi connectivity index (χ3v) is 5.54. The van der Waals surface area contributed by atoms with Gasteiger partial charge in [0, 0.05) is 24.9 Å². The van der Waals surface area contributed by atoms with Crippen molar-refractivity contribution in [1.29, 1.82) is 0 Å². The summed E-state index contributed by atoms with van der Waals surface area (Å²) in [6.45, 7) is 7.95. The van der Waals surface area contributed by atoms with Gasteiger partial charge >= 0.3 is 0 Å². The highest BCUT2D eigenvalue weighted by molar-refractivity contribution is 6.02. The van der Waals surface area contributed by atoms with Crippen LogP contribution < -0.4 is 19.7 Å². The molecule has 1 N–H and O–H groups in total. The number of methoxy groups -OCH3 is 1. The van der Waals surface area contributed by atoms with Crippen LogP contribution in [0.5, 0.6) is 11.5 Å². The average molecular weight is 468 g/mol. The summed E-state index contributed by atoms with van der Waals surface area (Å²) in [6.07, 6.45) is 3.03. The molecule has 0 aliphatic heterocycles. The molecule has 1 aromatic heterocycles. The SMILES string of the molecule is COc1cc(/C=C/C(=O)Nc2ccc(N(C)C(C)C)c(F)c2)ccc1OCc1c(C)noc1C. The van der Waals surface area contributed by atoms with E-state index in [1.165, 1.54) is 12.1 Å². The van der Waals surface area contributed by atoms with Crippen molar-refractivity contribution in [3.05, 3.63) is 70.9 Å². The third-order valence-electron chi connectivity index (χ3n) is 5.54. The zero-order chi connectivity index (χ0) is 24.8. The van der Waals surface area contributed by atoms with E-state index >= 15 is 0 Å². The molecule has 7 nitrogen and oxygen atoms in total. The van der Waals surface area contributed by atoms with Crippen LogP contribution in [0.15, 0.2) is 47.0 Å². The Morgan fingerprint density at radius 1 is 1.21 bits per heavy atom. The number of aryl methyl sites for hydroxylation is 2. The average Bonchev–Trinajstić information content (AvgIpc) is 3.13. The van der Waals surface area contributed by atoms with Gasteiger partial charge in [-0.15, -0.1) is 0 Å². The van der Waals surface area contributed by atoms with Crippen molar-refractivity contribution in [3.8, 4) is 11.5 Å². The van der Waals surface area contributed by atoms with Crippen molar-refractivity contribution >= 4 is 23.4 Å². The Bertz CT molecular complexity index is 1170. The minimum atomic E-state index is -0.394. The van der Waals surface area contributed by atoms with E-state index in [9.17, 15) is 9.18 Å². The van der Waals surface area contributed by atoms with Crippen LogP contribution in [0.2, 0.25) is 0 Å². The number of nitrogens with zero attached hydrogens (tertiary/aromatic N) is 2. The monoisotopic (exact) mass is 467 g/mol. The maximum absolute atomic E-state index is 14.4. The van der Waals surface area contributed by atoms with Crippen LogP contribution in [0.1, 0.15) is 36.4 Å². The number of aromatic nitrogens is 1. The first kappa shape index (κ1) is 24.8. The van der Waals surface area contributed by atoms with E-state index < -0.39 is 5.82 Å². The zero-order valence-electron chi connectivity index (χ0n) is 20.3. The molecule has 0 radical (unpaired) electrons. The number of carbonyl (C=O) groups excluding carboxylic acids is 1. The smallest absolute Gasteiger partial charge is 0.248 e. The van der Waals surface area contributed by atoms with Crippen LogP contribution in [-0.4, -0.2) is 31.3 Å². The maximum Gasteiger partial charge on any atom is 0.248 e. The van der Waals surface area contributed by atoms with Crippen molar-refractivity contribution in [3.63, 3.8) is 0 Å². The quantitative estimate of drug-likeness (QED) is 0.418. The Kier molecular flexibility index (Phi) is 7.94. The minimum absolute atomic E-state index is 0.155. The molecule has 2 aromatic carbocycles. The van der Waals surface area contributed by atoms with Crippen LogP contribution in [0.4, 0.5) is 15.8 Å². The van der Waals surface area contributed by atoms with E-state index in [-0.39, 0.29) is 11.9 Å². The highest BCUT2D eigenvalue weighted by Gasteiger charge is 2.13. The molecule has 0 spiro atoms. The van der Waals surface area contributed by atoms with E-state index in [1.54, 1.807) is 37.5 Å². The van der Waals surface area contributed by atoms with Crippen molar-refractivity contribution in [2.75, 3.05) is 24.4 Å². The fraction of sp³-hybridized carbons (Fsp3) is 0.308. The molecule has 0 fully saturated rings. The predicted molar refractivity (Wildman–Crippen MR) is 131 cm³/mol. The van der Waals surface area contributed by atoms with Gasteiger partial charge in [-0.05, 0) is 69.7 Å². The highest BCUT2D eigenvalue weighted by Crippen LogP contribution is 2.30. The van der Waals surface area contributed by atoms with Gasteiger partial charge in [0.05, 0.1) is 24.1 Å². The summed E-state index contributed by atoms with van der Waals surface area (Å²) in [6, 6.07) is 10.1. The molecule has 0 aliphatic carbocycles. The Labute approximate surface area is 199 Å². The third kappa shape index (κ3) is 5.95. The fourth-order valence-corrected chi connectivity index (χ4v) is 3.27. The van der Waals surface area contributed by atoms with Gasteiger partial charge < -0.3 is 24.2 Å². The molecule has 0 saturated heterocycles.